The molecule has 2 aliphatic rings. The molecular formula is C56H72Cl2SiZr. The average Bonchev–Trinajstić information content (AvgIpc) is 3.92. The van der Waals surface area contributed by atoms with Crippen molar-refractivity contribution in [3.8, 4) is 22.3 Å². The van der Waals surface area contributed by atoms with Crippen molar-refractivity contribution in [2.75, 3.05) is 0 Å². The first-order valence-electron chi connectivity index (χ1n) is 23.6. The standard InChI is InChI=1S/2C27H33.C2H6Si.2ClH.Zr/c2*1-2-3-4-6-10-21-19-25-13-9-14-26(27(25)20-21)24-17-15-23(16-18-24)22-11-7-5-8-12-22;1-3-2;;;/h2*9,13-20,22H,2-8,10-12H2,1H3;1-2H3;2*1H;/q2*-1;;;;+4/p-2. The van der Waals surface area contributed by atoms with Gasteiger partial charge in [-0.3, -0.25) is 0 Å². The van der Waals surface area contributed by atoms with Crippen LogP contribution >= 0.6 is 17.0 Å². The maximum absolute atomic E-state index is 4.93. The number of benzene rings is 4. The minimum absolute atomic E-state index is 0.789. The molecule has 60 heavy (non-hydrogen) atoms. The monoisotopic (exact) mass is 932 g/mol. The fourth-order valence-electron chi connectivity index (χ4n) is 9.64. The quantitative estimate of drug-likeness (QED) is 0.0580. The molecule has 6 aromatic carbocycles. The van der Waals surface area contributed by atoms with E-state index in [1.807, 2.05) is 0 Å². The van der Waals surface area contributed by atoms with Crippen LogP contribution in [0.3, 0.4) is 0 Å². The van der Waals surface area contributed by atoms with Crippen molar-refractivity contribution in [1.82, 2.24) is 0 Å². The van der Waals surface area contributed by atoms with Gasteiger partial charge >= 0.3 is 37.9 Å². The van der Waals surface area contributed by atoms with Crippen LogP contribution in [-0.2, 0) is 33.7 Å². The van der Waals surface area contributed by atoms with Gasteiger partial charge in [0, 0.05) is 9.52 Å². The Balaban J connectivity index is 0.000000201. The van der Waals surface area contributed by atoms with E-state index in [9.17, 15) is 0 Å². The molecule has 2 radical (unpaired) electrons. The van der Waals surface area contributed by atoms with Crippen LogP contribution in [0.4, 0.5) is 0 Å². The van der Waals surface area contributed by atoms with Gasteiger partial charge in [-0.15, -0.1) is 69.1 Å². The molecular weight excluding hydrogens is 863 g/mol. The number of unbranched alkanes of at least 4 members (excludes halogenated alkanes) is 6. The molecule has 0 unspecified atom stereocenters. The summed E-state index contributed by atoms with van der Waals surface area (Å²) in [5, 5.41) is 5.64. The van der Waals surface area contributed by atoms with Gasteiger partial charge in [-0.1, -0.05) is 189 Å². The molecule has 2 saturated carbocycles. The van der Waals surface area contributed by atoms with Crippen molar-refractivity contribution in [2.24, 2.45) is 0 Å². The van der Waals surface area contributed by atoms with E-state index in [0.29, 0.717) is 0 Å². The Morgan fingerprint density at radius 3 is 1.23 bits per heavy atom. The van der Waals surface area contributed by atoms with Crippen LogP contribution in [0.25, 0.3) is 43.8 Å². The van der Waals surface area contributed by atoms with Crippen LogP contribution in [0.5, 0.6) is 0 Å². The third-order valence-electron chi connectivity index (χ3n) is 12.9. The first-order chi connectivity index (χ1) is 29.5. The first-order valence-corrected chi connectivity index (χ1v) is 32.0. The van der Waals surface area contributed by atoms with Crippen LogP contribution in [-0.4, -0.2) is 9.52 Å². The van der Waals surface area contributed by atoms with Crippen molar-refractivity contribution in [1.29, 1.82) is 0 Å². The molecule has 0 nitrogen and oxygen atoms in total. The zero-order valence-electron chi connectivity index (χ0n) is 37.4. The Morgan fingerprint density at radius 2 is 0.883 bits per heavy atom. The summed E-state index contributed by atoms with van der Waals surface area (Å²) in [5.41, 5.74) is 11.6. The molecule has 0 aromatic heterocycles. The van der Waals surface area contributed by atoms with E-state index in [2.05, 4.69) is 136 Å². The summed E-state index contributed by atoms with van der Waals surface area (Å²) in [6, 6.07) is 42.2. The number of hydrogen-bond acceptors (Lipinski definition) is 0. The predicted octanol–water partition coefficient (Wildman–Crippen LogP) is 19.0. The number of halogens is 2. The average molecular weight is 935 g/mol. The second-order valence-electron chi connectivity index (χ2n) is 17.5. The molecule has 0 saturated heterocycles. The summed E-state index contributed by atoms with van der Waals surface area (Å²) >= 11 is -0.826. The molecule has 8 rings (SSSR count). The molecule has 2 aliphatic carbocycles. The van der Waals surface area contributed by atoms with Gasteiger partial charge in [0.15, 0.2) is 0 Å². The zero-order valence-corrected chi connectivity index (χ0v) is 42.4. The predicted molar refractivity (Wildman–Crippen MR) is 266 cm³/mol. The molecule has 4 heteroatoms. The molecule has 0 bridgehead atoms. The Bertz CT molecular complexity index is 1890. The molecule has 0 N–H and O–H groups in total. The molecule has 0 spiro atoms. The fraction of sp³-hybridized carbons (Fsp3) is 0.464. The van der Waals surface area contributed by atoms with Gasteiger partial charge in [-0.2, -0.15) is 12.1 Å². The van der Waals surface area contributed by atoms with Crippen LogP contribution in [0.1, 0.15) is 164 Å². The summed E-state index contributed by atoms with van der Waals surface area (Å²) in [5.74, 6) is 1.58. The normalized spacial score (nSPS) is 14.4. The van der Waals surface area contributed by atoms with Crippen molar-refractivity contribution in [3.05, 3.63) is 131 Å². The van der Waals surface area contributed by atoms with Crippen LogP contribution in [0, 0.1) is 0 Å². The van der Waals surface area contributed by atoms with Gasteiger partial charge in [0.25, 0.3) is 0 Å². The van der Waals surface area contributed by atoms with Crippen LogP contribution in [0.15, 0.2) is 109 Å². The van der Waals surface area contributed by atoms with E-state index in [-0.39, 0.29) is 0 Å². The SMILES string of the molecule is CCCCCCc1cc2c(-c3ccc(C4CCCCC4)cc3)cccc2[cH-]1.CCCCCCc1cc2c(-c3ccc(C4CCCCC4)cc3)cccc2[cH-]1.C[Si]C.[Cl][Zr+2][Cl]. The first kappa shape index (κ1) is 48.8. The van der Waals surface area contributed by atoms with Crippen molar-refractivity contribution in [3.63, 3.8) is 0 Å². The van der Waals surface area contributed by atoms with E-state index in [4.69, 9.17) is 17.0 Å². The summed E-state index contributed by atoms with van der Waals surface area (Å²) < 4.78 is 0. The van der Waals surface area contributed by atoms with E-state index < -0.39 is 20.8 Å². The molecule has 0 amide bonds. The van der Waals surface area contributed by atoms with Gasteiger partial charge < -0.3 is 0 Å². The molecule has 0 atom stereocenters. The van der Waals surface area contributed by atoms with E-state index in [0.717, 1.165) is 21.4 Å². The molecule has 6 aromatic rings. The number of rotatable bonds is 14. The molecule has 0 heterocycles. The van der Waals surface area contributed by atoms with E-state index in [1.165, 1.54) is 183 Å². The summed E-state index contributed by atoms with van der Waals surface area (Å²) in [7, 11) is 11.0. The van der Waals surface area contributed by atoms with Crippen molar-refractivity contribution in [2.45, 2.75) is 167 Å². The Kier molecular flexibility index (Phi) is 22.6. The summed E-state index contributed by atoms with van der Waals surface area (Å²) in [4.78, 5) is 0. The second kappa shape index (κ2) is 27.8. The van der Waals surface area contributed by atoms with Gasteiger partial charge in [-0.05, 0) is 72.6 Å². The topological polar surface area (TPSA) is 0 Å². The molecule has 2 fully saturated rings. The fourth-order valence-corrected chi connectivity index (χ4v) is 9.64. The molecule has 0 aliphatic heterocycles. The van der Waals surface area contributed by atoms with Crippen LogP contribution < -0.4 is 0 Å². The third kappa shape index (κ3) is 15.0. The third-order valence-corrected chi connectivity index (χ3v) is 12.9. The van der Waals surface area contributed by atoms with Gasteiger partial charge in [-0.25, -0.2) is 0 Å². The second-order valence-corrected chi connectivity index (χ2v) is 22.2. The van der Waals surface area contributed by atoms with Crippen LogP contribution in [0.2, 0.25) is 13.1 Å². The Morgan fingerprint density at radius 1 is 0.517 bits per heavy atom. The Labute approximate surface area is 386 Å². The van der Waals surface area contributed by atoms with E-state index in [1.54, 1.807) is 11.1 Å². The van der Waals surface area contributed by atoms with Gasteiger partial charge in [0.2, 0.25) is 0 Å². The number of aryl methyl sites for hydroxylation is 2. The maximum atomic E-state index is 4.93. The van der Waals surface area contributed by atoms with Crippen molar-refractivity contribution >= 4 is 48.1 Å². The summed E-state index contributed by atoms with van der Waals surface area (Å²) in [6.07, 6.45) is 27.1. The Hall–Kier alpha value is -2.22. The van der Waals surface area contributed by atoms with Crippen molar-refractivity contribution < 1.29 is 20.8 Å². The summed E-state index contributed by atoms with van der Waals surface area (Å²) in [6.45, 7) is 8.87. The zero-order chi connectivity index (χ0) is 42.4. The van der Waals surface area contributed by atoms with Gasteiger partial charge in [0.05, 0.1) is 0 Å². The molecule has 318 valence electrons. The number of fused-ring (bicyclic) bond motifs is 2. The van der Waals surface area contributed by atoms with Gasteiger partial charge in [0.1, 0.15) is 0 Å². The minimum atomic E-state index is -0.826. The number of hydrogen-bond donors (Lipinski definition) is 0. The van der Waals surface area contributed by atoms with E-state index >= 15 is 0 Å².